The third-order valence-electron chi connectivity index (χ3n) is 5.10. The van der Waals surface area contributed by atoms with Crippen LogP contribution in [0.3, 0.4) is 0 Å². The van der Waals surface area contributed by atoms with Gasteiger partial charge in [0, 0.05) is 43.5 Å². The third-order valence-corrected chi connectivity index (χ3v) is 5.34. The minimum Gasteiger partial charge on any atom is -0.375 e. The van der Waals surface area contributed by atoms with Gasteiger partial charge in [-0.25, -0.2) is 0 Å². The van der Waals surface area contributed by atoms with Gasteiger partial charge in [0.1, 0.15) is 6.61 Å². The fourth-order valence-corrected chi connectivity index (χ4v) is 3.89. The number of rotatable bonds is 7. The van der Waals surface area contributed by atoms with Crippen molar-refractivity contribution in [2.24, 2.45) is 0 Å². The van der Waals surface area contributed by atoms with Crippen molar-refractivity contribution in [3.63, 3.8) is 0 Å². The zero-order chi connectivity index (χ0) is 19.1. The Morgan fingerprint density at radius 1 is 1.14 bits per heavy atom. The molecule has 1 heterocycles. The lowest BCUT2D eigenvalue weighted by atomic mass is 10.0. The van der Waals surface area contributed by atoms with Crippen molar-refractivity contribution in [2.75, 3.05) is 38.3 Å². The second kappa shape index (κ2) is 11.4. The van der Waals surface area contributed by atoms with E-state index in [1.165, 1.54) is 5.56 Å². The molecule has 0 spiro atoms. The van der Waals surface area contributed by atoms with Gasteiger partial charge in [0.05, 0.1) is 0 Å². The molecule has 0 atom stereocenters. The average Bonchev–Trinajstić information content (AvgIpc) is 2.69. The Morgan fingerprint density at radius 2 is 1.86 bits per heavy atom. The van der Waals surface area contributed by atoms with E-state index in [9.17, 15) is 4.79 Å². The highest BCUT2D eigenvalue weighted by Crippen LogP contribution is 2.26. The molecule has 1 aliphatic heterocycles. The first-order chi connectivity index (χ1) is 13.2. The summed E-state index contributed by atoms with van der Waals surface area (Å²) in [5, 5.41) is 0.642. The first kappa shape index (κ1) is 22.7. The van der Waals surface area contributed by atoms with E-state index in [1.54, 1.807) is 7.11 Å². The van der Waals surface area contributed by atoms with Gasteiger partial charge in [-0.1, -0.05) is 48.0 Å². The highest BCUT2D eigenvalue weighted by molar-refractivity contribution is 6.30. The summed E-state index contributed by atoms with van der Waals surface area (Å²) in [5.41, 5.74) is 2.22. The molecule has 0 unspecified atom stereocenters. The number of methoxy groups -OCH3 is 1. The summed E-state index contributed by atoms with van der Waals surface area (Å²) in [6.07, 6.45) is 2.97. The molecular weight excluding hydrogens is 395 g/mol. The topological polar surface area (TPSA) is 32.8 Å². The van der Waals surface area contributed by atoms with Crippen LogP contribution in [0.2, 0.25) is 5.02 Å². The number of amides is 1. The number of halogens is 2. The quantitative estimate of drug-likeness (QED) is 0.660. The molecule has 2 aromatic rings. The molecule has 1 fully saturated rings. The van der Waals surface area contributed by atoms with E-state index in [0.29, 0.717) is 5.02 Å². The van der Waals surface area contributed by atoms with Crippen molar-refractivity contribution in [1.29, 1.82) is 0 Å². The fourth-order valence-electron chi connectivity index (χ4n) is 3.71. The van der Waals surface area contributed by atoms with E-state index in [-0.39, 0.29) is 31.0 Å². The summed E-state index contributed by atoms with van der Waals surface area (Å²) in [6, 6.07) is 18.3. The van der Waals surface area contributed by atoms with Crippen LogP contribution in [-0.4, -0.2) is 50.2 Å². The smallest absolute Gasteiger partial charge is 0.253 e. The van der Waals surface area contributed by atoms with Crippen LogP contribution in [0, 0.1) is 0 Å². The van der Waals surface area contributed by atoms with Gasteiger partial charge >= 0.3 is 0 Å². The Hall–Kier alpha value is -1.59. The van der Waals surface area contributed by atoms with Gasteiger partial charge in [-0.05, 0) is 43.0 Å². The Labute approximate surface area is 178 Å². The number of benzene rings is 2. The predicted molar refractivity (Wildman–Crippen MR) is 118 cm³/mol. The maximum Gasteiger partial charge on any atom is 0.253 e. The van der Waals surface area contributed by atoms with E-state index in [2.05, 4.69) is 35.2 Å². The zero-order valence-corrected chi connectivity index (χ0v) is 17.8. The Bertz CT molecular complexity index is 734. The summed E-state index contributed by atoms with van der Waals surface area (Å²) in [7, 11) is 1.56. The number of likely N-dealkylation sites (tertiary alicyclic amines) is 1. The van der Waals surface area contributed by atoms with Crippen LogP contribution in [0.1, 0.15) is 18.4 Å². The number of carbonyl (C=O) groups is 1. The lowest BCUT2D eigenvalue weighted by Crippen LogP contribution is -2.49. The number of ether oxygens (including phenoxy) is 1. The normalized spacial score (nSPS) is 15.1. The van der Waals surface area contributed by atoms with E-state index in [4.69, 9.17) is 16.3 Å². The Morgan fingerprint density at radius 3 is 2.50 bits per heavy atom. The largest absolute Gasteiger partial charge is 0.375 e. The van der Waals surface area contributed by atoms with Gasteiger partial charge in [-0.3, -0.25) is 4.79 Å². The van der Waals surface area contributed by atoms with Crippen LogP contribution in [-0.2, 0) is 16.0 Å². The van der Waals surface area contributed by atoms with Crippen LogP contribution in [0.15, 0.2) is 54.6 Å². The minimum absolute atomic E-state index is 0. The molecule has 152 valence electrons. The summed E-state index contributed by atoms with van der Waals surface area (Å²) in [5.74, 6) is -0.0116. The lowest BCUT2D eigenvalue weighted by Gasteiger charge is -2.38. The van der Waals surface area contributed by atoms with Crippen LogP contribution < -0.4 is 4.90 Å². The number of hydrogen-bond donors (Lipinski definition) is 0. The van der Waals surface area contributed by atoms with Gasteiger partial charge in [0.2, 0.25) is 0 Å². The Kier molecular flexibility index (Phi) is 9.26. The molecule has 1 saturated heterocycles. The molecular formula is C22H28Cl2N2O2. The maximum atomic E-state index is 12.7. The molecule has 1 aliphatic rings. The van der Waals surface area contributed by atoms with E-state index < -0.39 is 0 Å². The van der Waals surface area contributed by atoms with Crippen molar-refractivity contribution >= 4 is 35.6 Å². The first-order valence-electron chi connectivity index (χ1n) is 9.50. The number of nitrogens with zero attached hydrogens (tertiary/aromatic N) is 2. The van der Waals surface area contributed by atoms with E-state index >= 15 is 0 Å². The maximum absolute atomic E-state index is 12.7. The molecule has 28 heavy (non-hydrogen) atoms. The first-order valence-corrected chi connectivity index (χ1v) is 9.88. The van der Waals surface area contributed by atoms with E-state index in [0.717, 1.165) is 44.6 Å². The van der Waals surface area contributed by atoms with Crippen LogP contribution in [0.4, 0.5) is 5.69 Å². The van der Waals surface area contributed by atoms with Crippen molar-refractivity contribution in [1.82, 2.24) is 4.90 Å². The van der Waals surface area contributed by atoms with E-state index in [1.807, 2.05) is 29.2 Å². The van der Waals surface area contributed by atoms with Gasteiger partial charge in [0.15, 0.2) is 0 Å². The molecule has 0 aromatic heterocycles. The molecule has 0 bridgehead atoms. The molecule has 0 radical (unpaired) electrons. The highest BCUT2D eigenvalue weighted by atomic mass is 35.5. The van der Waals surface area contributed by atoms with Crippen molar-refractivity contribution in [2.45, 2.75) is 25.3 Å². The van der Waals surface area contributed by atoms with Crippen LogP contribution in [0.5, 0.6) is 0 Å². The second-order valence-corrected chi connectivity index (χ2v) is 7.42. The number of piperidine rings is 1. The third kappa shape index (κ3) is 6.21. The van der Waals surface area contributed by atoms with Crippen LogP contribution in [0.25, 0.3) is 0 Å². The summed E-state index contributed by atoms with van der Waals surface area (Å²) < 4.78 is 5.10. The summed E-state index contributed by atoms with van der Waals surface area (Å²) in [6.45, 7) is 3.13. The molecule has 0 N–H and O–H groups in total. The van der Waals surface area contributed by atoms with Gasteiger partial charge < -0.3 is 14.5 Å². The molecule has 0 aliphatic carbocycles. The minimum atomic E-state index is -0.0116. The van der Waals surface area contributed by atoms with Crippen molar-refractivity contribution in [3.05, 3.63) is 65.2 Å². The van der Waals surface area contributed by atoms with Crippen LogP contribution >= 0.6 is 24.0 Å². The Balaban J connectivity index is 0.00000280. The second-order valence-electron chi connectivity index (χ2n) is 6.99. The average molecular weight is 423 g/mol. The number of hydrogen-bond acceptors (Lipinski definition) is 3. The number of anilines is 1. The molecule has 3 rings (SSSR count). The molecule has 2 aromatic carbocycles. The van der Waals surface area contributed by atoms with Gasteiger partial charge in [-0.2, -0.15) is 0 Å². The fraction of sp³-hybridized carbons (Fsp3) is 0.409. The highest BCUT2D eigenvalue weighted by Gasteiger charge is 2.29. The zero-order valence-electron chi connectivity index (χ0n) is 16.2. The van der Waals surface area contributed by atoms with Crippen molar-refractivity contribution in [3.8, 4) is 0 Å². The van der Waals surface area contributed by atoms with Crippen molar-refractivity contribution < 1.29 is 9.53 Å². The SMILES string of the molecule is COCC(=O)N(c1cccc(Cl)c1)C1CCN(CCc2ccccc2)CC1.Cl. The number of carbonyl (C=O) groups excluding carboxylic acids is 1. The summed E-state index contributed by atoms with van der Waals surface area (Å²) >= 11 is 6.15. The molecule has 0 saturated carbocycles. The molecule has 6 heteroatoms. The summed E-state index contributed by atoms with van der Waals surface area (Å²) in [4.78, 5) is 17.1. The molecule has 1 amide bonds. The van der Waals surface area contributed by atoms with Gasteiger partial charge in [-0.15, -0.1) is 12.4 Å². The standard InChI is InChI=1S/C22H27ClN2O2.ClH/c1-27-17-22(26)25(21-9-5-8-19(23)16-21)20-11-14-24(15-12-20)13-10-18-6-3-2-4-7-18;/h2-9,16,20H,10-15,17H2,1H3;1H. The van der Waals surface area contributed by atoms with Gasteiger partial charge in [0.25, 0.3) is 5.91 Å². The lowest BCUT2D eigenvalue weighted by molar-refractivity contribution is -0.122. The predicted octanol–water partition coefficient (Wildman–Crippen LogP) is 4.45. The monoisotopic (exact) mass is 422 g/mol. The molecule has 4 nitrogen and oxygen atoms in total.